The van der Waals surface area contributed by atoms with E-state index in [9.17, 15) is 9.59 Å². The Morgan fingerprint density at radius 2 is 1.52 bits per heavy atom. The molecule has 3 heterocycles. The van der Waals surface area contributed by atoms with Crippen LogP contribution in [0.25, 0.3) is 22.7 Å². The van der Waals surface area contributed by atoms with Gasteiger partial charge in [0.25, 0.3) is 5.91 Å². The number of hydrogen-bond donors (Lipinski definition) is 1. The van der Waals surface area contributed by atoms with Gasteiger partial charge in [-0.1, -0.05) is 84.8 Å². The van der Waals surface area contributed by atoms with Gasteiger partial charge in [-0.3, -0.25) is 9.59 Å². The largest absolute Gasteiger partial charge is 0.488 e. The molecule has 48 heavy (non-hydrogen) atoms. The number of hydrogen-bond acceptors (Lipinski definition) is 10. The third-order valence-corrected chi connectivity index (χ3v) is 7.83. The van der Waals surface area contributed by atoms with Crippen molar-refractivity contribution in [1.82, 2.24) is 25.5 Å². The Balaban J connectivity index is 1.45. The minimum Gasteiger partial charge on any atom is -0.488 e. The fourth-order valence-corrected chi connectivity index (χ4v) is 5.32. The number of nitrogens with one attached hydrogen (secondary N) is 1. The van der Waals surface area contributed by atoms with E-state index in [-0.39, 0.29) is 41.3 Å². The fraction of sp³-hybridized carbons (Fsp3) is 0.306. The number of aromatic nitrogens is 3. The molecule has 0 radical (unpaired) electrons. The van der Waals surface area contributed by atoms with Crippen LogP contribution in [0.2, 0.25) is 0 Å². The van der Waals surface area contributed by atoms with Gasteiger partial charge < -0.3 is 33.5 Å². The molecule has 0 bridgehead atoms. The zero-order valence-electron chi connectivity index (χ0n) is 27.1. The van der Waals surface area contributed by atoms with Gasteiger partial charge in [0.05, 0.1) is 18.8 Å². The molecule has 1 N–H and O–H groups in total. The number of carbonyl (C=O) groups excluding carboxylic acids is 2. The Morgan fingerprint density at radius 1 is 0.875 bits per heavy atom. The van der Waals surface area contributed by atoms with Crippen molar-refractivity contribution in [3.63, 3.8) is 0 Å². The number of ether oxygens (including phenoxy) is 3. The molecule has 12 heteroatoms. The summed E-state index contributed by atoms with van der Waals surface area (Å²) in [5.74, 6) is 0.137. The average Bonchev–Trinajstić information content (AvgIpc) is 3.79. The van der Waals surface area contributed by atoms with Crippen LogP contribution in [0.15, 0.2) is 81.8 Å². The first-order chi connectivity index (χ1) is 23.4. The Morgan fingerprint density at radius 3 is 2.15 bits per heavy atom. The van der Waals surface area contributed by atoms with Crippen LogP contribution in [-0.2, 0) is 18.0 Å². The normalized spacial score (nSPS) is 13.0. The van der Waals surface area contributed by atoms with Gasteiger partial charge in [0.1, 0.15) is 30.3 Å². The molecule has 0 unspecified atom stereocenters. The first kappa shape index (κ1) is 32.5. The molecule has 12 nitrogen and oxygen atoms in total. The van der Waals surface area contributed by atoms with Crippen molar-refractivity contribution in [2.24, 2.45) is 0 Å². The van der Waals surface area contributed by atoms with E-state index in [1.165, 1.54) is 0 Å². The highest BCUT2D eigenvalue weighted by Crippen LogP contribution is 2.44. The predicted octanol–water partition coefficient (Wildman–Crippen LogP) is 5.90. The first-order valence-electron chi connectivity index (χ1n) is 15.9. The lowest BCUT2D eigenvalue weighted by molar-refractivity contribution is 0.0272. The van der Waals surface area contributed by atoms with E-state index >= 15 is 0 Å². The molecule has 0 aliphatic carbocycles. The van der Waals surface area contributed by atoms with E-state index < -0.39 is 11.8 Å². The molecule has 1 aliphatic rings. The number of morpholine rings is 1. The second-order valence-corrected chi connectivity index (χ2v) is 11.5. The standard InChI is InChI=1S/C36H37N5O7/c1-4-37-34(42)31-30(33-38-35(48-40-33)36(43)41-15-17-44-18-16-41)32(47-39-31)27-19-26(23(2)3)28(45-21-24-11-7-5-8-12-24)20-29(27)46-22-25-13-9-6-10-14-25/h5-14,19-20,23H,4,15-18,21-22H2,1-3H3,(H,37,42). The third-order valence-electron chi connectivity index (χ3n) is 7.83. The van der Waals surface area contributed by atoms with E-state index in [1.54, 1.807) is 11.8 Å². The first-order valence-corrected chi connectivity index (χ1v) is 15.9. The van der Waals surface area contributed by atoms with Crippen LogP contribution in [-0.4, -0.2) is 64.9 Å². The number of benzene rings is 3. The molecule has 2 aromatic heterocycles. The van der Waals surface area contributed by atoms with Crippen LogP contribution in [0.1, 0.15) is 64.6 Å². The van der Waals surface area contributed by atoms with Gasteiger partial charge >= 0.3 is 11.8 Å². The lowest BCUT2D eigenvalue weighted by Crippen LogP contribution is -2.40. The molecule has 0 spiro atoms. The highest BCUT2D eigenvalue weighted by molar-refractivity contribution is 6.02. The monoisotopic (exact) mass is 651 g/mol. The molecule has 3 aromatic carbocycles. The summed E-state index contributed by atoms with van der Waals surface area (Å²) in [7, 11) is 0. The van der Waals surface area contributed by atoms with Gasteiger partial charge in [0.15, 0.2) is 11.5 Å². The Labute approximate surface area is 278 Å². The third kappa shape index (κ3) is 7.23. The Hall–Kier alpha value is -5.49. The summed E-state index contributed by atoms with van der Waals surface area (Å²) in [6.45, 7) is 8.50. The van der Waals surface area contributed by atoms with E-state index in [4.69, 9.17) is 23.3 Å². The van der Waals surface area contributed by atoms with Crippen LogP contribution in [0.4, 0.5) is 0 Å². The van der Waals surface area contributed by atoms with Crippen LogP contribution in [0.3, 0.4) is 0 Å². The van der Waals surface area contributed by atoms with Crippen molar-refractivity contribution in [2.45, 2.75) is 39.9 Å². The quantitative estimate of drug-likeness (QED) is 0.173. The second kappa shape index (κ2) is 14.9. The van der Waals surface area contributed by atoms with E-state index in [0.717, 1.165) is 16.7 Å². The second-order valence-electron chi connectivity index (χ2n) is 11.5. The van der Waals surface area contributed by atoms with Gasteiger partial charge in [-0.2, -0.15) is 4.98 Å². The van der Waals surface area contributed by atoms with E-state index in [2.05, 4.69) is 34.5 Å². The van der Waals surface area contributed by atoms with E-state index in [1.807, 2.05) is 72.8 Å². The molecule has 1 fully saturated rings. The number of carbonyl (C=O) groups is 2. The summed E-state index contributed by atoms with van der Waals surface area (Å²) >= 11 is 0. The molecular formula is C36H37N5O7. The average molecular weight is 652 g/mol. The van der Waals surface area contributed by atoms with Crippen LogP contribution >= 0.6 is 0 Å². The SMILES string of the molecule is CCNC(=O)c1noc(-c2cc(C(C)C)c(OCc3ccccc3)cc2OCc2ccccc2)c1-c1noc(C(=O)N2CCOCC2)n1. The summed E-state index contributed by atoms with van der Waals surface area (Å²) in [5, 5.41) is 11.0. The van der Waals surface area contributed by atoms with Crippen molar-refractivity contribution in [3.05, 3.63) is 101 Å². The predicted molar refractivity (Wildman–Crippen MR) is 176 cm³/mol. The minimum absolute atomic E-state index is 0.0198. The van der Waals surface area contributed by atoms with E-state index in [0.29, 0.717) is 56.5 Å². The lowest BCUT2D eigenvalue weighted by atomic mass is 9.96. The maximum Gasteiger partial charge on any atom is 0.316 e. The van der Waals surface area contributed by atoms with Crippen molar-refractivity contribution >= 4 is 11.8 Å². The Kier molecular flexibility index (Phi) is 10.1. The highest BCUT2D eigenvalue weighted by atomic mass is 16.5. The van der Waals surface area contributed by atoms with Gasteiger partial charge in [-0.15, -0.1) is 0 Å². The molecule has 0 saturated carbocycles. The van der Waals surface area contributed by atoms with Gasteiger partial charge in [-0.25, -0.2) is 0 Å². The highest BCUT2D eigenvalue weighted by Gasteiger charge is 2.32. The molecule has 6 rings (SSSR count). The van der Waals surface area contributed by atoms with Crippen molar-refractivity contribution in [2.75, 3.05) is 32.8 Å². The molecule has 1 saturated heterocycles. The van der Waals surface area contributed by atoms with Crippen LogP contribution in [0.5, 0.6) is 11.5 Å². The topological polar surface area (TPSA) is 142 Å². The molecule has 1 aliphatic heterocycles. The van der Waals surface area contributed by atoms with Crippen LogP contribution in [0, 0.1) is 0 Å². The summed E-state index contributed by atoms with van der Waals surface area (Å²) in [5.41, 5.74) is 3.47. The summed E-state index contributed by atoms with van der Waals surface area (Å²) in [6, 6.07) is 23.4. The number of rotatable bonds is 12. The summed E-state index contributed by atoms with van der Waals surface area (Å²) in [6.07, 6.45) is 0. The van der Waals surface area contributed by atoms with Gasteiger partial charge in [-0.05, 0) is 35.6 Å². The molecule has 5 aromatic rings. The molecular weight excluding hydrogens is 614 g/mol. The zero-order valence-corrected chi connectivity index (χ0v) is 27.1. The van der Waals surface area contributed by atoms with Crippen molar-refractivity contribution in [1.29, 1.82) is 0 Å². The van der Waals surface area contributed by atoms with Crippen molar-refractivity contribution in [3.8, 4) is 34.2 Å². The van der Waals surface area contributed by atoms with Crippen LogP contribution < -0.4 is 14.8 Å². The number of amides is 2. The van der Waals surface area contributed by atoms with Gasteiger partial charge in [0.2, 0.25) is 5.82 Å². The maximum absolute atomic E-state index is 13.3. The summed E-state index contributed by atoms with van der Waals surface area (Å²) < 4.78 is 29.5. The van der Waals surface area contributed by atoms with Crippen molar-refractivity contribution < 1.29 is 32.8 Å². The smallest absolute Gasteiger partial charge is 0.316 e. The minimum atomic E-state index is -0.494. The molecule has 248 valence electrons. The fourth-order valence-electron chi connectivity index (χ4n) is 5.32. The summed E-state index contributed by atoms with van der Waals surface area (Å²) in [4.78, 5) is 32.4. The lowest BCUT2D eigenvalue weighted by Gasteiger charge is -2.25. The number of nitrogens with zero attached hydrogens (tertiary/aromatic N) is 4. The molecule has 0 atom stereocenters. The zero-order chi connectivity index (χ0) is 33.5. The molecule has 2 amide bonds. The Bertz CT molecular complexity index is 1850. The maximum atomic E-state index is 13.3. The van der Waals surface area contributed by atoms with Gasteiger partial charge in [0, 0.05) is 25.7 Å².